The van der Waals surface area contributed by atoms with Gasteiger partial charge >= 0.3 is 5.97 Å². The Morgan fingerprint density at radius 3 is 2.56 bits per heavy atom. The molecule has 4 aliphatic heterocycles. The predicted molar refractivity (Wildman–Crippen MR) is 162 cm³/mol. The van der Waals surface area contributed by atoms with E-state index in [4.69, 9.17) is 14.2 Å². The summed E-state index contributed by atoms with van der Waals surface area (Å²) < 4.78 is 18.4. The molecule has 11 nitrogen and oxygen atoms in total. The third-order valence-corrected chi connectivity index (χ3v) is 9.95. The number of hydrogen-bond acceptors (Lipinski definition) is 8. The summed E-state index contributed by atoms with van der Waals surface area (Å²) in [5.41, 5.74) is -0.760. The number of ether oxygens (including phenoxy) is 3. The Balaban J connectivity index is 1.41. The quantitative estimate of drug-likeness (QED) is 0.364. The number of esters is 1. The van der Waals surface area contributed by atoms with Crippen molar-refractivity contribution in [2.24, 2.45) is 11.8 Å². The molecule has 0 radical (unpaired) electrons. The first-order chi connectivity index (χ1) is 21.9. The number of nitrogens with one attached hydrogen (secondary N) is 1. The summed E-state index contributed by atoms with van der Waals surface area (Å²) in [6.45, 7) is 0.0848. The van der Waals surface area contributed by atoms with Gasteiger partial charge in [-0.3, -0.25) is 19.2 Å². The first-order valence-corrected chi connectivity index (χ1v) is 16.2. The summed E-state index contributed by atoms with van der Waals surface area (Å²) >= 11 is 0. The van der Waals surface area contributed by atoms with Gasteiger partial charge in [0.05, 0.1) is 31.3 Å². The number of β-amino-alcohol motifs (C(OH)–C–C–N with tert-alkyl or cyclic N) is 1. The van der Waals surface area contributed by atoms with Crippen LogP contribution in [0.3, 0.4) is 0 Å². The highest BCUT2D eigenvalue weighted by molar-refractivity contribution is 5.99. The van der Waals surface area contributed by atoms with Crippen molar-refractivity contribution < 1.29 is 38.5 Å². The minimum absolute atomic E-state index is 0.0555. The van der Waals surface area contributed by atoms with Gasteiger partial charge in [0.25, 0.3) is 0 Å². The zero-order valence-corrected chi connectivity index (χ0v) is 25.7. The van der Waals surface area contributed by atoms with Crippen molar-refractivity contribution in [1.82, 2.24) is 15.1 Å². The number of nitrogens with zero attached hydrogens (tertiary/aromatic N) is 2. The number of carbonyl (C=O) groups is 4. The largest absolute Gasteiger partial charge is 0.455 e. The molecule has 45 heavy (non-hydrogen) atoms. The molecule has 1 spiro atoms. The zero-order chi connectivity index (χ0) is 31.6. The Kier molecular flexibility index (Phi) is 9.39. The van der Waals surface area contributed by atoms with Gasteiger partial charge in [0.1, 0.15) is 23.7 Å². The lowest BCUT2D eigenvalue weighted by Gasteiger charge is -2.39. The Hall–Kier alpha value is -3.54. The number of carbonyl (C=O) groups excluding carboxylic acids is 4. The van der Waals surface area contributed by atoms with Crippen LogP contribution < -0.4 is 5.32 Å². The van der Waals surface area contributed by atoms with Crippen LogP contribution in [0.25, 0.3) is 0 Å². The van der Waals surface area contributed by atoms with Gasteiger partial charge in [0.2, 0.25) is 17.7 Å². The average Bonchev–Trinajstić information content (AvgIpc) is 3.42. The van der Waals surface area contributed by atoms with Crippen molar-refractivity contribution in [3.8, 4) is 0 Å². The monoisotopic (exact) mass is 621 g/mol. The van der Waals surface area contributed by atoms with Gasteiger partial charge in [-0.1, -0.05) is 73.9 Å². The molecule has 1 saturated carbocycles. The van der Waals surface area contributed by atoms with E-state index < -0.39 is 53.6 Å². The lowest BCUT2D eigenvalue weighted by atomic mass is 9.77. The van der Waals surface area contributed by atoms with Crippen LogP contribution in [-0.2, 0) is 33.4 Å². The third kappa shape index (κ3) is 5.81. The third-order valence-electron chi connectivity index (χ3n) is 9.95. The molecule has 1 aromatic rings. The Morgan fingerprint density at radius 1 is 1.04 bits per heavy atom. The summed E-state index contributed by atoms with van der Waals surface area (Å²) in [5.74, 6) is -3.62. The van der Waals surface area contributed by atoms with E-state index in [1.54, 1.807) is 18.2 Å². The highest BCUT2D eigenvalue weighted by Gasteiger charge is 2.72. The molecular weight excluding hydrogens is 578 g/mol. The number of rotatable bonds is 6. The molecule has 1 aliphatic carbocycles. The lowest BCUT2D eigenvalue weighted by molar-refractivity contribution is -0.162. The molecule has 2 saturated heterocycles. The molecule has 2 N–H and O–H groups in total. The second kappa shape index (κ2) is 13.4. The first-order valence-electron chi connectivity index (χ1n) is 16.2. The number of hydrogen-bond donors (Lipinski definition) is 2. The van der Waals surface area contributed by atoms with Gasteiger partial charge in [-0.05, 0) is 24.8 Å². The highest BCUT2D eigenvalue weighted by Crippen LogP contribution is 2.53. The maximum atomic E-state index is 14.4. The fourth-order valence-corrected chi connectivity index (χ4v) is 7.98. The molecule has 1 aromatic carbocycles. The maximum absolute atomic E-state index is 14.4. The summed E-state index contributed by atoms with van der Waals surface area (Å²) in [6, 6.07) is 7.47. The molecule has 0 aromatic heterocycles. The van der Waals surface area contributed by atoms with Crippen molar-refractivity contribution in [2.45, 2.75) is 80.9 Å². The second-order valence-corrected chi connectivity index (χ2v) is 12.6. The van der Waals surface area contributed by atoms with Gasteiger partial charge in [-0.15, -0.1) is 0 Å². The number of aliphatic hydroxyl groups excluding tert-OH is 1. The van der Waals surface area contributed by atoms with Crippen molar-refractivity contribution in [2.75, 3.05) is 33.4 Å². The summed E-state index contributed by atoms with van der Waals surface area (Å²) in [6.07, 6.45) is 11.0. The van der Waals surface area contributed by atoms with Crippen molar-refractivity contribution in [3.63, 3.8) is 0 Å². The van der Waals surface area contributed by atoms with E-state index in [1.165, 1.54) is 12.0 Å². The molecule has 5 aliphatic rings. The predicted octanol–water partition coefficient (Wildman–Crippen LogP) is 2.06. The van der Waals surface area contributed by atoms with Crippen LogP contribution in [0.1, 0.15) is 56.6 Å². The van der Waals surface area contributed by atoms with E-state index in [2.05, 4.69) is 5.32 Å². The fourth-order valence-electron chi connectivity index (χ4n) is 7.98. The number of fused-ring (bicyclic) bond motifs is 2. The van der Waals surface area contributed by atoms with E-state index in [0.717, 1.165) is 32.1 Å². The van der Waals surface area contributed by atoms with Crippen LogP contribution in [-0.4, -0.2) is 102 Å². The molecule has 0 bridgehead atoms. The molecule has 3 amide bonds. The SMILES string of the molecule is COC[C@H]1NC(=O)CC/C=C\[C@H]2O[C@]34C=CCN(C5CCCCC5)C(=O)[C@H]3N(CCO)C(=O)[C@@H]4[C@H]2C(=O)O[C@@H]1c1ccccc1. The molecular formula is C34H43N3O8. The van der Waals surface area contributed by atoms with E-state index in [0.29, 0.717) is 18.5 Å². The smallest absolute Gasteiger partial charge is 0.313 e. The van der Waals surface area contributed by atoms with Gasteiger partial charge in [0, 0.05) is 32.7 Å². The normalized spacial score (nSPS) is 35.0. The van der Waals surface area contributed by atoms with Crippen LogP contribution >= 0.6 is 0 Å². The Morgan fingerprint density at radius 2 is 1.82 bits per heavy atom. The molecule has 7 atom stereocenters. The number of amides is 3. The highest BCUT2D eigenvalue weighted by atomic mass is 16.6. The molecule has 0 unspecified atom stereocenters. The number of methoxy groups -OCH3 is 1. The van der Waals surface area contributed by atoms with E-state index in [-0.39, 0.29) is 44.0 Å². The minimum atomic E-state index is -1.42. The number of likely N-dealkylation sites (tertiary alicyclic amines) is 1. The van der Waals surface area contributed by atoms with E-state index in [1.807, 2.05) is 41.3 Å². The van der Waals surface area contributed by atoms with Crippen molar-refractivity contribution in [3.05, 3.63) is 60.2 Å². The van der Waals surface area contributed by atoms with Gasteiger partial charge in [-0.25, -0.2) is 0 Å². The Labute approximate surface area is 263 Å². The van der Waals surface area contributed by atoms with E-state index in [9.17, 15) is 24.3 Å². The number of aliphatic hydroxyl groups is 1. The number of allylic oxidation sites excluding steroid dienone is 1. The van der Waals surface area contributed by atoms with Crippen LogP contribution in [0.2, 0.25) is 0 Å². The average molecular weight is 622 g/mol. The van der Waals surface area contributed by atoms with Crippen LogP contribution in [0.15, 0.2) is 54.6 Å². The summed E-state index contributed by atoms with van der Waals surface area (Å²) in [4.78, 5) is 59.3. The maximum Gasteiger partial charge on any atom is 0.313 e. The fraction of sp³-hybridized carbons (Fsp3) is 0.588. The lowest BCUT2D eigenvalue weighted by Crippen LogP contribution is -2.57. The van der Waals surface area contributed by atoms with Crippen LogP contribution in [0.5, 0.6) is 0 Å². The van der Waals surface area contributed by atoms with Crippen LogP contribution in [0, 0.1) is 11.8 Å². The van der Waals surface area contributed by atoms with Crippen molar-refractivity contribution in [1.29, 1.82) is 0 Å². The molecule has 11 heteroatoms. The Bertz CT molecular complexity index is 1330. The van der Waals surface area contributed by atoms with Gasteiger partial charge in [-0.2, -0.15) is 0 Å². The first kappa shape index (κ1) is 31.4. The molecule has 3 fully saturated rings. The zero-order valence-electron chi connectivity index (χ0n) is 25.7. The molecule has 242 valence electrons. The topological polar surface area (TPSA) is 135 Å². The van der Waals surface area contributed by atoms with Crippen molar-refractivity contribution >= 4 is 23.7 Å². The number of benzene rings is 1. The molecule has 4 heterocycles. The summed E-state index contributed by atoms with van der Waals surface area (Å²) in [7, 11) is 1.51. The molecule has 6 rings (SSSR count). The van der Waals surface area contributed by atoms with Gasteiger partial charge in [0.15, 0.2) is 0 Å². The minimum Gasteiger partial charge on any atom is -0.455 e. The van der Waals surface area contributed by atoms with Crippen LogP contribution in [0.4, 0.5) is 0 Å². The second-order valence-electron chi connectivity index (χ2n) is 12.6. The standard InChI is InChI=1S/C34H43N3O8/c1-43-21-24-29(22-11-4-2-5-12-22)44-33(42)27-25(15-8-9-16-26(39)35-24)45-34-17-10-18-36(23-13-6-3-7-14-23)32(41)30(34)37(19-20-38)31(40)28(27)34/h2,4-5,8,10-12,15,17,23-25,27-30,38H,3,6-7,9,13-14,16,18-21H2,1H3,(H,35,39)/b15-8-/t24-,25-,27+,28+,29-,30-,34+/m1/s1. The summed E-state index contributed by atoms with van der Waals surface area (Å²) in [5, 5.41) is 13.0. The van der Waals surface area contributed by atoms with E-state index >= 15 is 0 Å². The van der Waals surface area contributed by atoms with Gasteiger partial charge < -0.3 is 34.4 Å². The number of cyclic esters (lactones) is 1.